The predicted molar refractivity (Wildman–Crippen MR) is 180 cm³/mol. The zero-order chi connectivity index (χ0) is 33.1. The smallest absolute Gasteiger partial charge is 0.269 e. The van der Waals surface area contributed by atoms with E-state index in [4.69, 9.17) is 16.7 Å². The summed E-state index contributed by atoms with van der Waals surface area (Å²) in [6.07, 6.45) is 0. The Balaban J connectivity index is 0.000000232. The lowest BCUT2D eigenvalue weighted by Gasteiger charge is -2.36. The van der Waals surface area contributed by atoms with Crippen LogP contribution in [0.1, 0.15) is 44.1 Å². The van der Waals surface area contributed by atoms with Crippen molar-refractivity contribution in [3.05, 3.63) is 102 Å². The maximum absolute atomic E-state index is 12.0. The van der Waals surface area contributed by atoms with E-state index in [0.29, 0.717) is 27.8 Å². The normalized spacial score (nSPS) is 13.5. The van der Waals surface area contributed by atoms with Crippen LogP contribution in [0.3, 0.4) is 0 Å². The molecule has 4 heterocycles. The minimum atomic E-state index is -0.254. The van der Waals surface area contributed by atoms with E-state index in [1.165, 1.54) is 5.56 Å². The zero-order valence-corrected chi connectivity index (χ0v) is 27.2. The number of piperazine rings is 1. The molecule has 0 atom stereocenters. The van der Waals surface area contributed by atoms with Crippen LogP contribution in [-0.2, 0) is 13.2 Å². The van der Waals surface area contributed by atoms with Crippen molar-refractivity contribution < 1.29 is 9.90 Å². The van der Waals surface area contributed by atoms with Crippen molar-refractivity contribution in [2.75, 3.05) is 38.1 Å². The molecule has 0 spiro atoms. The topological polar surface area (TPSA) is 160 Å². The third-order valence-corrected chi connectivity index (χ3v) is 8.67. The number of amides is 1. The van der Waals surface area contributed by atoms with Crippen molar-refractivity contribution in [1.29, 1.82) is 0 Å². The summed E-state index contributed by atoms with van der Waals surface area (Å²) in [6, 6.07) is 11.2. The molecule has 0 unspecified atom stereocenters. The molecule has 0 radical (unpaired) electrons. The average Bonchev–Trinajstić information content (AvgIpc) is 3.05. The number of aryl methyl sites for hydroxylation is 4. The predicted octanol–water partition coefficient (Wildman–Crippen LogP) is 3.30. The van der Waals surface area contributed by atoms with Crippen LogP contribution in [0.4, 0.5) is 5.69 Å². The summed E-state index contributed by atoms with van der Waals surface area (Å²) < 4.78 is 0. The van der Waals surface area contributed by atoms with Gasteiger partial charge in [0.1, 0.15) is 17.1 Å². The molecule has 0 saturated carbocycles. The number of aliphatic hydroxyl groups excluding tert-OH is 1. The van der Waals surface area contributed by atoms with Crippen molar-refractivity contribution >= 4 is 45.3 Å². The summed E-state index contributed by atoms with van der Waals surface area (Å²) in [6.45, 7) is 11.4. The summed E-state index contributed by atoms with van der Waals surface area (Å²) in [5.74, 6) is -0.254. The Kier molecular flexibility index (Phi) is 9.80. The molecule has 1 aliphatic heterocycles. The van der Waals surface area contributed by atoms with Gasteiger partial charge in [-0.2, -0.15) is 0 Å². The van der Waals surface area contributed by atoms with Crippen molar-refractivity contribution in [2.45, 2.75) is 40.8 Å². The average molecular weight is 645 g/mol. The number of nitrogens with zero attached hydrogens (tertiary/aromatic N) is 5. The molecule has 0 aliphatic carbocycles. The van der Waals surface area contributed by atoms with Gasteiger partial charge < -0.3 is 25.3 Å². The number of nitrogens with one attached hydrogen (secondary N) is 3. The molecule has 240 valence electrons. The number of aromatic amines is 2. The Morgan fingerprint density at radius 1 is 0.826 bits per heavy atom. The van der Waals surface area contributed by atoms with Crippen molar-refractivity contribution in [1.82, 2.24) is 35.1 Å². The number of carbonyl (C=O) groups excluding carboxylic acids is 1. The zero-order valence-electron chi connectivity index (χ0n) is 26.5. The lowest BCUT2D eigenvalue weighted by molar-refractivity contribution is 0.0958. The largest absolute Gasteiger partial charge is 0.392 e. The highest BCUT2D eigenvalue weighted by Crippen LogP contribution is 2.26. The van der Waals surface area contributed by atoms with E-state index in [0.717, 1.165) is 71.7 Å². The number of aliphatic hydroxyl groups is 1. The van der Waals surface area contributed by atoms with Gasteiger partial charge in [-0.1, -0.05) is 23.7 Å². The molecule has 46 heavy (non-hydrogen) atoms. The van der Waals surface area contributed by atoms with Crippen LogP contribution in [0.15, 0.2) is 46.0 Å². The Bertz CT molecular complexity index is 2050. The monoisotopic (exact) mass is 644 g/mol. The second-order valence-corrected chi connectivity index (χ2v) is 11.7. The van der Waals surface area contributed by atoms with Crippen LogP contribution in [0.25, 0.3) is 22.1 Å². The molecular weight excluding hydrogens is 608 g/mol. The lowest BCUT2D eigenvalue weighted by Crippen LogP contribution is -2.46. The summed E-state index contributed by atoms with van der Waals surface area (Å²) in [4.78, 5) is 58.2. The molecular formula is C33H37ClN8O4. The molecule has 4 N–H and O–H groups in total. The van der Waals surface area contributed by atoms with Gasteiger partial charge >= 0.3 is 0 Å². The Morgan fingerprint density at radius 3 is 1.89 bits per heavy atom. The number of aromatic nitrogens is 5. The Hall–Kier alpha value is -4.65. The number of rotatable bonds is 5. The van der Waals surface area contributed by atoms with Gasteiger partial charge in [-0.05, 0) is 74.2 Å². The van der Waals surface area contributed by atoms with Crippen molar-refractivity contribution in [3.8, 4) is 0 Å². The molecule has 3 aromatic heterocycles. The number of pyridine rings is 1. The lowest BCUT2D eigenvalue weighted by atomic mass is 10.1. The van der Waals surface area contributed by atoms with Gasteiger partial charge in [0.15, 0.2) is 5.15 Å². The SMILES string of the molecule is CNC(=O)c1ccc(N2CCN(Cc3ccc4nc(C)c(=O)[nH]c4c3C)CC2)c(Cl)n1.Cc1nc2ccc(CO)c(C)c2[nH]c1=O. The molecule has 13 heteroatoms. The first-order chi connectivity index (χ1) is 22.0. The summed E-state index contributed by atoms with van der Waals surface area (Å²) in [7, 11) is 1.57. The van der Waals surface area contributed by atoms with Crippen LogP contribution < -0.4 is 21.3 Å². The fourth-order valence-corrected chi connectivity index (χ4v) is 5.78. The molecule has 12 nitrogen and oxygen atoms in total. The summed E-state index contributed by atoms with van der Waals surface area (Å²) in [5, 5.41) is 12.0. The highest BCUT2D eigenvalue weighted by Gasteiger charge is 2.21. The maximum Gasteiger partial charge on any atom is 0.269 e. The van der Waals surface area contributed by atoms with Crippen LogP contribution in [-0.4, -0.2) is 74.1 Å². The maximum atomic E-state index is 12.0. The van der Waals surface area contributed by atoms with Gasteiger partial charge in [0, 0.05) is 39.8 Å². The highest BCUT2D eigenvalue weighted by atomic mass is 35.5. The Labute approximate surface area is 270 Å². The molecule has 1 amide bonds. The number of benzene rings is 2. The van der Waals surface area contributed by atoms with Gasteiger partial charge in [-0.25, -0.2) is 15.0 Å². The van der Waals surface area contributed by atoms with Crippen LogP contribution in [0, 0.1) is 27.7 Å². The van der Waals surface area contributed by atoms with Gasteiger partial charge in [0.25, 0.3) is 17.0 Å². The third kappa shape index (κ3) is 6.79. The Morgan fingerprint density at radius 2 is 1.37 bits per heavy atom. The fourth-order valence-electron chi connectivity index (χ4n) is 5.50. The summed E-state index contributed by atoms with van der Waals surface area (Å²) >= 11 is 6.35. The number of anilines is 1. The van der Waals surface area contributed by atoms with E-state index in [-0.39, 0.29) is 23.6 Å². The van der Waals surface area contributed by atoms with Gasteiger partial charge in [-0.15, -0.1) is 0 Å². The first kappa shape index (κ1) is 32.7. The van der Waals surface area contributed by atoms with E-state index in [2.05, 4.69) is 46.1 Å². The van der Waals surface area contributed by atoms with E-state index in [1.807, 2.05) is 32.0 Å². The molecule has 2 aromatic carbocycles. The molecule has 5 aromatic rings. The van der Waals surface area contributed by atoms with Crippen LogP contribution >= 0.6 is 11.6 Å². The molecule has 6 rings (SSSR count). The number of carbonyl (C=O) groups is 1. The third-order valence-electron chi connectivity index (χ3n) is 8.39. The first-order valence-electron chi connectivity index (χ1n) is 15.0. The second kappa shape index (κ2) is 13.8. The standard InChI is InChI=1S/C22H25ClN6O2.C11H12N2O2/c1-13-15(4-5-16-19(13)27-21(30)14(2)25-16)12-28-8-10-29(11-9-28)18-7-6-17(22(31)24-3)26-20(18)23;1-6-8(5-14)3-4-9-10(6)13-11(15)7(2)12-9/h4-7H,8-12H2,1-3H3,(H,24,31)(H,27,30);3-4,14H,5H2,1-2H3,(H,13,15). The number of hydrogen-bond donors (Lipinski definition) is 4. The van der Waals surface area contributed by atoms with Crippen LogP contribution in [0.5, 0.6) is 0 Å². The van der Waals surface area contributed by atoms with Gasteiger partial charge in [0.2, 0.25) is 0 Å². The first-order valence-corrected chi connectivity index (χ1v) is 15.3. The minimum absolute atomic E-state index is 0.0301. The van der Waals surface area contributed by atoms with Gasteiger partial charge in [-0.3, -0.25) is 19.3 Å². The number of fused-ring (bicyclic) bond motifs is 2. The molecule has 0 bridgehead atoms. The fraction of sp³-hybridized carbons (Fsp3) is 0.333. The minimum Gasteiger partial charge on any atom is -0.392 e. The number of H-pyrrole nitrogens is 2. The van der Waals surface area contributed by atoms with Gasteiger partial charge in [0.05, 0.1) is 34.4 Å². The molecule has 1 fully saturated rings. The highest BCUT2D eigenvalue weighted by molar-refractivity contribution is 6.32. The van der Waals surface area contributed by atoms with E-state index < -0.39 is 0 Å². The van der Waals surface area contributed by atoms with E-state index >= 15 is 0 Å². The molecule has 1 saturated heterocycles. The quantitative estimate of drug-likeness (QED) is 0.211. The van der Waals surface area contributed by atoms with Crippen LogP contribution in [0.2, 0.25) is 5.15 Å². The number of hydrogen-bond acceptors (Lipinski definition) is 9. The summed E-state index contributed by atoms with van der Waals surface area (Å²) in [5.41, 5.74) is 8.76. The van der Waals surface area contributed by atoms with Crippen molar-refractivity contribution in [3.63, 3.8) is 0 Å². The second-order valence-electron chi connectivity index (χ2n) is 11.3. The van der Waals surface area contributed by atoms with E-state index in [9.17, 15) is 14.4 Å². The van der Waals surface area contributed by atoms with Crippen molar-refractivity contribution in [2.24, 2.45) is 0 Å². The molecule has 1 aliphatic rings. The number of halogens is 1. The van der Waals surface area contributed by atoms with E-state index in [1.54, 1.807) is 33.0 Å².